The Balaban J connectivity index is 2.60. The van der Waals surface area contributed by atoms with Crippen LogP contribution in [0, 0.1) is 6.92 Å². The summed E-state index contributed by atoms with van der Waals surface area (Å²) in [6.07, 6.45) is 0. The highest BCUT2D eigenvalue weighted by Crippen LogP contribution is 2.29. The SMILES string of the molecule is Cc1cc(N)nnc1-c1ccccc1O. The van der Waals surface area contributed by atoms with E-state index < -0.39 is 0 Å². The second kappa shape index (κ2) is 3.57. The molecule has 15 heavy (non-hydrogen) atoms. The number of nitrogens with zero attached hydrogens (tertiary/aromatic N) is 2. The third-order valence-corrected chi connectivity index (χ3v) is 2.16. The van der Waals surface area contributed by atoms with Crippen LogP contribution in [-0.2, 0) is 0 Å². The van der Waals surface area contributed by atoms with Crippen LogP contribution in [0.4, 0.5) is 5.82 Å². The molecule has 0 atom stereocenters. The molecular formula is C11H11N3O. The van der Waals surface area contributed by atoms with E-state index in [1.54, 1.807) is 24.3 Å². The summed E-state index contributed by atoms with van der Waals surface area (Å²) in [5.74, 6) is 0.575. The number of aromatic hydroxyl groups is 1. The van der Waals surface area contributed by atoms with E-state index in [4.69, 9.17) is 5.73 Å². The van der Waals surface area contributed by atoms with Gasteiger partial charge in [0.25, 0.3) is 0 Å². The zero-order valence-corrected chi connectivity index (χ0v) is 8.31. The highest BCUT2D eigenvalue weighted by molar-refractivity contribution is 5.69. The average Bonchev–Trinajstić information content (AvgIpc) is 2.20. The molecule has 2 aromatic rings. The Hall–Kier alpha value is -2.10. The largest absolute Gasteiger partial charge is 0.507 e. The summed E-state index contributed by atoms with van der Waals surface area (Å²) in [6, 6.07) is 8.75. The molecule has 0 fully saturated rings. The predicted molar refractivity (Wildman–Crippen MR) is 58.3 cm³/mol. The van der Waals surface area contributed by atoms with Gasteiger partial charge in [-0.2, -0.15) is 0 Å². The van der Waals surface area contributed by atoms with Gasteiger partial charge in [0.2, 0.25) is 0 Å². The van der Waals surface area contributed by atoms with Crippen molar-refractivity contribution in [2.24, 2.45) is 0 Å². The Bertz CT molecular complexity index is 497. The first-order valence-electron chi connectivity index (χ1n) is 4.56. The summed E-state index contributed by atoms with van der Waals surface area (Å²) >= 11 is 0. The summed E-state index contributed by atoms with van der Waals surface area (Å²) in [6.45, 7) is 1.88. The van der Waals surface area contributed by atoms with Crippen molar-refractivity contribution in [3.8, 4) is 17.0 Å². The van der Waals surface area contributed by atoms with Gasteiger partial charge in [-0.15, -0.1) is 10.2 Å². The van der Waals surface area contributed by atoms with Crippen LogP contribution in [0.3, 0.4) is 0 Å². The van der Waals surface area contributed by atoms with E-state index in [2.05, 4.69) is 10.2 Å². The number of hydrogen-bond donors (Lipinski definition) is 2. The maximum absolute atomic E-state index is 9.66. The zero-order chi connectivity index (χ0) is 10.8. The van der Waals surface area contributed by atoms with Gasteiger partial charge in [0.15, 0.2) is 0 Å². The fourth-order valence-corrected chi connectivity index (χ4v) is 1.45. The first-order valence-corrected chi connectivity index (χ1v) is 4.56. The predicted octanol–water partition coefficient (Wildman–Crippen LogP) is 1.74. The van der Waals surface area contributed by atoms with Crippen LogP contribution in [0.25, 0.3) is 11.3 Å². The third-order valence-electron chi connectivity index (χ3n) is 2.16. The van der Waals surface area contributed by atoms with Crippen LogP contribution in [-0.4, -0.2) is 15.3 Å². The van der Waals surface area contributed by atoms with E-state index in [1.165, 1.54) is 0 Å². The van der Waals surface area contributed by atoms with Crippen molar-refractivity contribution in [3.05, 3.63) is 35.9 Å². The summed E-state index contributed by atoms with van der Waals surface area (Å²) < 4.78 is 0. The topological polar surface area (TPSA) is 72.0 Å². The molecule has 0 aliphatic rings. The summed E-state index contributed by atoms with van der Waals surface area (Å²) in [4.78, 5) is 0. The number of rotatable bonds is 1. The number of para-hydroxylation sites is 1. The summed E-state index contributed by atoms with van der Waals surface area (Å²) in [7, 11) is 0. The second-order valence-corrected chi connectivity index (χ2v) is 3.32. The molecule has 0 aliphatic carbocycles. The minimum absolute atomic E-state index is 0.194. The van der Waals surface area contributed by atoms with Crippen molar-refractivity contribution in [2.45, 2.75) is 6.92 Å². The third kappa shape index (κ3) is 1.74. The molecule has 0 saturated carbocycles. The number of hydrogen-bond acceptors (Lipinski definition) is 4. The fourth-order valence-electron chi connectivity index (χ4n) is 1.45. The van der Waals surface area contributed by atoms with Gasteiger partial charge in [-0.1, -0.05) is 12.1 Å². The standard InChI is InChI=1S/C11H11N3O/c1-7-6-10(12)13-14-11(7)8-4-2-3-5-9(8)15/h2-6,15H,1H3,(H2,12,13). The van der Waals surface area contributed by atoms with Crippen molar-refractivity contribution in [1.29, 1.82) is 0 Å². The van der Waals surface area contributed by atoms with Crippen LogP contribution >= 0.6 is 0 Å². The van der Waals surface area contributed by atoms with E-state index in [-0.39, 0.29) is 5.75 Å². The number of nitrogens with two attached hydrogens (primary N) is 1. The Morgan fingerprint density at radius 3 is 2.60 bits per heavy atom. The molecule has 0 spiro atoms. The van der Waals surface area contributed by atoms with E-state index in [0.29, 0.717) is 17.1 Å². The maximum atomic E-state index is 9.66. The molecular weight excluding hydrogens is 190 g/mol. The number of anilines is 1. The van der Waals surface area contributed by atoms with Crippen LogP contribution in [0.2, 0.25) is 0 Å². The van der Waals surface area contributed by atoms with Gasteiger partial charge in [-0.05, 0) is 30.7 Å². The minimum atomic E-state index is 0.194. The molecule has 2 rings (SSSR count). The van der Waals surface area contributed by atoms with Crippen molar-refractivity contribution in [1.82, 2.24) is 10.2 Å². The molecule has 4 nitrogen and oxygen atoms in total. The van der Waals surface area contributed by atoms with Crippen molar-refractivity contribution >= 4 is 5.82 Å². The summed E-state index contributed by atoms with van der Waals surface area (Å²) in [5.41, 5.74) is 7.72. The first-order chi connectivity index (χ1) is 7.18. The van der Waals surface area contributed by atoms with Crippen LogP contribution in [0.1, 0.15) is 5.56 Å². The molecule has 0 unspecified atom stereocenters. The van der Waals surface area contributed by atoms with Crippen LogP contribution < -0.4 is 5.73 Å². The van der Waals surface area contributed by atoms with E-state index in [9.17, 15) is 5.11 Å². The van der Waals surface area contributed by atoms with Gasteiger partial charge in [-0.3, -0.25) is 0 Å². The maximum Gasteiger partial charge on any atom is 0.146 e. The monoisotopic (exact) mass is 201 g/mol. The van der Waals surface area contributed by atoms with Crippen molar-refractivity contribution < 1.29 is 5.11 Å². The van der Waals surface area contributed by atoms with Crippen molar-refractivity contribution in [2.75, 3.05) is 5.73 Å². The number of benzene rings is 1. The lowest BCUT2D eigenvalue weighted by Crippen LogP contribution is -1.97. The lowest BCUT2D eigenvalue weighted by atomic mass is 10.1. The Morgan fingerprint density at radius 1 is 1.20 bits per heavy atom. The highest BCUT2D eigenvalue weighted by atomic mass is 16.3. The van der Waals surface area contributed by atoms with Gasteiger partial charge in [-0.25, -0.2) is 0 Å². The second-order valence-electron chi connectivity index (χ2n) is 3.32. The minimum Gasteiger partial charge on any atom is -0.507 e. The summed E-state index contributed by atoms with van der Waals surface area (Å²) in [5, 5.41) is 17.4. The number of phenols is 1. The number of aryl methyl sites for hydroxylation is 1. The molecule has 0 aliphatic heterocycles. The highest BCUT2D eigenvalue weighted by Gasteiger charge is 2.08. The lowest BCUT2D eigenvalue weighted by Gasteiger charge is -2.06. The van der Waals surface area contributed by atoms with Gasteiger partial charge in [0.05, 0.1) is 5.69 Å². The normalized spacial score (nSPS) is 10.2. The zero-order valence-electron chi connectivity index (χ0n) is 8.31. The molecule has 1 aromatic carbocycles. The van der Waals surface area contributed by atoms with Gasteiger partial charge >= 0.3 is 0 Å². The van der Waals surface area contributed by atoms with Gasteiger partial charge < -0.3 is 10.8 Å². The van der Waals surface area contributed by atoms with E-state index in [0.717, 1.165) is 5.56 Å². The van der Waals surface area contributed by atoms with E-state index in [1.807, 2.05) is 13.0 Å². The molecule has 3 N–H and O–H groups in total. The quantitative estimate of drug-likeness (QED) is 0.737. The Morgan fingerprint density at radius 2 is 1.93 bits per heavy atom. The smallest absolute Gasteiger partial charge is 0.146 e. The number of aromatic nitrogens is 2. The molecule has 0 saturated heterocycles. The Kier molecular flexibility index (Phi) is 2.25. The Labute approximate surface area is 87.4 Å². The molecule has 1 aromatic heterocycles. The molecule has 1 heterocycles. The number of nitrogen functional groups attached to an aromatic ring is 1. The van der Waals surface area contributed by atoms with Crippen LogP contribution in [0.5, 0.6) is 5.75 Å². The lowest BCUT2D eigenvalue weighted by molar-refractivity contribution is 0.477. The van der Waals surface area contributed by atoms with E-state index >= 15 is 0 Å². The van der Waals surface area contributed by atoms with Crippen LogP contribution in [0.15, 0.2) is 30.3 Å². The molecule has 76 valence electrons. The number of phenolic OH excluding ortho intramolecular Hbond substituents is 1. The van der Waals surface area contributed by atoms with Gasteiger partial charge in [0.1, 0.15) is 11.6 Å². The molecule has 4 heteroatoms. The molecule has 0 radical (unpaired) electrons. The first kappa shape index (κ1) is 9.45. The molecule has 0 amide bonds. The van der Waals surface area contributed by atoms with Gasteiger partial charge in [0, 0.05) is 5.56 Å². The van der Waals surface area contributed by atoms with Crippen molar-refractivity contribution in [3.63, 3.8) is 0 Å². The average molecular weight is 201 g/mol. The molecule has 0 bridgehead atoms. The fraction of sp³-hybridized carbons (Fsp3) is 0.0909.